The molecular formula is C12H25NO2S. The van der Waals surface area contributed by atoms with Crippen LogP contribution in [0.15, 0.2) is 0 Å². The van der Waals surface area contributed by atoms with Gasteiger partial charge in [-0.3, -0.25) is 4.79 Å². The molecule has 1 atom stereocenters. The highest BCUT2D eigenvalue weighted by Crippen LogP contribution is 2.17. The SMILES string of the molecule is CCCCC(SCCN(CC)CC)C(=O)O. The maximum Gasteiger partial charge on any atom is 0.316 e. The third-order valence-corrected chi connectivity index (χ3v) is 3.97. The third kappa shape index (κ3) is 7.12. The van der Waals surface area contributed by atoms with Gasteiger partial charge in [0, 0.05) is 12.3 Å². The van der Waals surface area contributed by atoms with Crippen molar-refractivity contribution < 1.29 is 9.90 Å². The van der Waals surface area contributed by atoms with E-state index in [1.165, 1.54) is 0 Å². The predicted octanol–water partition coefficient (Wildman–Crippen LogP) is 2.70. The van der Waals surface area contributed by atoms with Crippen LogP contribution in [0.2, 0.25) is 0 Å². The van der Waals surface area contributed by atoms with E-state index < -0.39 is 5.97 Å². The van der Waals surface area contributed by atoms with E-state index in [0.29, 0.717) is 0 Å². The summed E-state index contributed by atoms with van der Waals surface area (Å²) < 4.78 is 0. The third-order valence-electron chi connectivity index (χ3n) is 2.72. The number of hydrogen-bond donors (Lipinski definition) is 1. The van der Waals surface area contributed by atoms with Crippen LogP contribution >= 0.6 is 11.8 Å². The minimum atomic E-state index is -0.655. The van der Waals surface area contributed by atoms with Crippen LogP contribution in [0.3, 0.4) is 0 Å². The summed E-state index contributed by atoms with van der Waals surface area (Å²) in [4.78, 5) is 13.3. The molecule has 0 aromatic heterocycles. The molecule has 0 aliphatic carbocycles. The number of rotatable bonds is 10. The van der Waals surface area contributed by atoms with Crippen LogP contribution in [0.1, 0.15) is 40.0 Å². The molecule has 0 bridgehead atoms. The number of thioether (sulfide) groups is 1. The molecule has 0 aliphatic rings. The summed E-state index contributed by atoms with van der Waals surface area (Å²) in [6, 6.07) is 0. The summed E-state index contributed by atoms with van der Waals surface area (Å²) in [6.07, 6.45) is 2.88. The Labute approximate surface area is 104 Å². The van der Waals surface area contributed by atoms with Gasteiger partial charge >= 0.3 is 5.97 Å². The van der Waals surface area contributed by atoms with Gasteiger partial charge in [0.05, 0.1) is 0 Å². The van der Waals surface area contributed by atoms with Gasteiger partial charge in [0.15, 0.2) is 0 Å². The molecule has 0 saturated heterocycles. The van der Waals surface area contributed by atoms with Crippen molar-refractivity contribution in [2.45, 2.75) is 45.3 Å². The van der Waals surface area contributed by atoms with Crippen molar-refractivity contribution in [3.05, 3.63) is 0 Å². The summed E-state index contributed by atoms with van der Waals surface area (Å²) in [5, 5.41) is 8.83. The van der Waals surface area contributed by atoms with E-state index in [-0.39, 0.29) is 5.25 Å². The van der Waals surface area contributed by atoms with Crippen LogP contribution < -0.4 is 0 Å². The van der Waals surface area contributed by atoms with Crippen molar-refractivity contribution in [3.63, 3.8) is 0 Å². The Morgan fingerprint density at radius 3 is 2.38 bits per heavy atom. The molecule has 0 rings (SSSR count). The number of unbranched alkanes of at least 4 members (excludes halogenated alkanes) is 1. The lowest BCUT2D eigenvalue weighted by Crippen LogP contribution is -2.27. The Bertz CT molecular complexity index is 184. The lowest BCUT2D eigenvalue weighted by Gasteiger charge is -2.19. The van der Waals surface area contributed by atoms with Crippen molar-refractivity contribution in [1.29, 1.82) is 0 Å². The first-order valence-corrected chi connectivity index (χ1v) is 7.27. The number of aliphatic carboxylic acids is 1. The van der Waals surface area contributed by atoms with Gasteiger partial charge in [-0.2, -0.15) is 0 Å². The fourth-order valence-electron chi connectivity index (χ4n) is 1.53. The van der Waals surface area contributed by atoms with Crippen LogP contribution in [0.25, 0.3) is 0 Å². The van der Waals surface area contributed by atoms with Gasteiger partial charge < -0.3 is 10.0 Å². The van der Waals surface area contributed by atoms with Gasteiger partial charge in [-0.05, 0) is 19.5 Å². The maximum absolute atomic E-state index is 11.0. The minimum absolute atomic E-state index is 0.212. The van der Waals surface area contributed by atoms with Gasteiger partial charge in [0.2, 0.25) is 0 Å². The standard InChI is InChI=1S/C12H25NO2S/c1-4-7-8-11(12(14)15)16-10-9-13(5-2)6-3/h11H,4-10H2,1-3H3,(H,14,15). The summed E-state index contributed by atoms with van der Waals surface area (Å²) in [5.74, 6) is 0.264. The zero-order valence-corrected chi connectivity index (χ0v) is 11.6. The number of nitrogens with zero attached hydrogens (tertiary/aromatic N) is 1. The number of carbonyl (C=O) groups is 1. The van der Waals surface area contributed by atoms with Crippen LogP contribution in [-0.4, -0.2) is 46.6 Å². The highest BCUT2D eigenvalue weighted by molar-refractivity contribution is 8.00. The molecule has 96 valence electrons. The summed E-state index contributed by atoms with van der Waals surface area (Å²) >= 11 is 1.59. The number of carboxylic acid groups (broad SMARTS) is 1. The minimum Gasteiger partial charge on any atom is -0.480 e. The van der Waals surface area contributed by atoms with Crippen LogP contribution in [-0.2, 0) is 4.79 Å². The highest BCUT2D eigenvalue weighted by Gasteiger charge is 2.16. The molecule has 1 unspecified atom stereocenters. The van der Waals surface area contributed by atoms with Gasteiger partial charge in [-0.15, -0.1) is 11.8 Å². The Morgan fingerprint density at radius 2 is 1.94 bits per heavy atom. The van der Waals surface area contributed by atoms with E-state index >= 15 is 0 Å². The Hall–Kier alpha value is -0.220. The monoisotopic (exact) mass is 247 g/mol. The van der Waals surface area contributed by atoms with Crippen molar-refractivity contribution in [3.8, 4) is 0 Å². The van der Waals surface area contributed by atoms with Gasteiger partial charge in [0.1, 0.15) is 5.25 Å². The molecule has 1 N–H and O–H groups in total. The average Bonchev–Trinajstić information content (AvgIpc) is 2.28. The lowest BCUT2D eigenvalue weighted by atomic mass is 10.2. The second kappa shape index (κ2) is 9.97. The summed E-state index contributed by atoms with van der Waals surface area (Å²) in [6.45, 7) is 9.46. The van der Waals surface area contributed by atoms with E-state index in [1.807, 2.05) is 0 Å². The zero-order chi connectivity index (χ0) is 12.4. The van der Waals surface area contributed by atoms with Crippen LogP contribution in [0.5, 0.6) is 0 Å². The normalized spacial score (nSPS) is 13.0. The molecule has 3 nitrogen and oxygen atoms in total. The lowest BCUT2D eigenvalue weighted by molar-refractivity contribution is -0.136. The first-order valence-electron chi connectivity index (χ1n) is 6.22. The van der Waals surface area contributed by atoms with E-state index in [4.69, 9.17) is 5.11 Å². The molecule has 0 aliphatic heterocycles. The van der Waals surface area contributed by atoms with Crippen LogP contribution in [0, 0.1) is 0 Å². The van der Waals surface area contributed by atoms with Crippen molar-refractivity contribution in [2.24, 2.45) is 0 Å². The molecule has 0 aromatic carbocycles. The number of carboxylic acids is 1. The van der Waals surface area contributed by atoms with Crippen LogP contribution in [0.4, 0.5) is 0 Å². The zero-order valence-electron chi connectivity index (χ0n) is 10.7. The Balaban J connectivity index is 3.79. The maximum atomic E-state index is 11.0. The second-order valence-corrected chi connectivity index (χ2v) is 5.18. The molecular weight excluding hydrogens is 222 g/mol. The number of hydrogen-bond acceptors (Lipinski definition) is 3. The largest absolute Gasteiger partial charge is 0.480 e. The first-order chi connectivity index (χ1) is 7.65. The van der Waals surface area contributed by atoms with E-state index in [9.17, 15) is 4.79 Å². The molecule has 0 heterocycles. The second-order valence-electron chi connectivity index (χ2n) is 3.87. The van der Waals surface area contributed by atoms with Gasteiger partial charge in [-0.1, -0.05) is 33.6 Å². The smallest absolute Gasteiger partial charge is 0.316 e. The van der Waals surface area contributed by atoms with E-state index in [0.717, 1.165) is 44.6 Å². The highest BCUT2D eigenvalue weighted by atomic mass is 32.2. The molecule has 0 amide bonds. The molecule has 0 saturated carbocycles. The van der Waals surface area contributed by atoms with E-state index in [1.54, 1.807) is 11.8 Å². The summed E-state index contributed by atoms with van der Waals surface area (Å²) in [5.41, 5.74) is 0. The van der Waals surface area contributed by atoms with E-state index in [2.05, 4.69) is 25.7 Å². The van der Waals surface area contributed by atoms with Crippen molar-refractivity contribution in [2.75, 3.05) is 25.4 Å². The molecule has 16 heavy (non-hydrogen) atoms. The Kier molecular flexibility index (Phi) is 9.83. The van der Waals surface area contributed by atoms with Crippen molar-refractivity contribution >= 4 is 17.7 Å². The van der Waals surface area contributed by atoms with Gasteiger partial charge in [-0.25, -0.2) is 0 Å². The molecule has 0 fully saturated rings. The molecule has 0 radical (unpaired) electrons. The molecule has 0 aromatic rings. The quantitative estimate of drug-likeness (QED) is 0.644. The van der Waals surface area contributed by atoms with Crippen molar-refractivity contribution in [1.82, 2.24) is 4.90 Å². The predicted molar refractivity (Wildman–Crippen MR) is 71.2 cm³/mol. The summed E-state index contributed by atoms with van der Waals surface area (Å²) in [7, 11) is 0. The Morgan fingerprint density at radius 1 is 1.31 bits per heavy atom. The van der Waals surface area contributed by atoms with Gasteiger partial charge in [0.25, 0.3) is 0 Å². The molecule has 4 heteroatoms. The first kappa shape index (κ1) is 15.8. The fraction of sp³-hybridized carbons (Fsp3) is 0.917. The molecule has 0 spiro atoms. The average molecular weight is 247 g/mol. The topological polar surface area (TPSA) is 40.5 Å². The fourth-order valence-corrected chi connectivity index (χ4v) is 2.66.